The van der Waals surface area contributed by atoms with E-state index < -0.39 is 0 Å². The van der Waals surface area contributed by atoms with Crippen LogP contribution in [0.25, 0.3) is 16.8 Å². The minimum absolute atomic E-state index is 0.146. The van der Waals surface area contributed by atoms with Crippen molar-refractivity contribution in [1.82, 2.24) is 4.90 Å². The number of fused-ring (bicyclic) bond motifs is 1. The molecule has 1 heterocycles. The molecular weight excluding hydrogens is 569 g/mol. The number of thioether (sulfide) groups is 1. The summed E-state index contributed by atoms with van der Waals surface area (Å²) in [5.41, 5.74) is 1.37. The minimum atomic E-state index is -0.358. The lowest BCUT2D eigenvalue weighted by atomic mass is 10.1. The quantitative estimate of drug-likeness (QED) is 0.172. The van der Waals surface area contributed by atoms with E-state index in [0.717, 1.165) is 22.5 Å². The second-order valence-electron chi connectivity index (χ2n) is 8.79. The second-order valence-corrected chi connectivity index (χ2v) is 10.6. The first-order valence-electron chi connectivity index (χ1n) is 12.6. The Morgan fingerprint density at radius 2 is 1.57 bits per heavy atom. The number of nitrogens with zero attached hydrogens (tertiary/aromatic N) is 1. The number of carbonyl (C=O) groups excluding carboxylic acids is 2. The topological polar surface area (TPSA) is 65.1 Å². The molecule has 1 saturated heterocycles. The highest BCUT2D eigenvalue weighted by Crippen LogP contribution is 2.36. The smallest absolute Gasteiger partial charge is 0.293 e. The first kappa shape index (κ1) is 27.9. The Morgan fingerprint density at radius 3 is 2.38 bits per heavy atom. The van der Waals surface area contributed by atoms with Gasteiger partial charge in [0, 0.05) is 21.0 Å². The molecule has 0 unspecified atom stereocenters. The van der Waals surface area contributed by atoms with E-state index >= 15 is 0 Å². The second kappa shape index (κ2) is 12.7. The summed E-state index contributed by atoms with van der Waals surface area (Å²) >= 11 is 13.4. The third kappa shape index (κ3) is 6.22. The van der Waals surface area contributed by atoms with E-state index in [1.54, 1.807) is 42.5 Å². The Balaban J connectivity index is 1.26. The van der Waals surface area contributed by atoms with Gasteiger partial charge in [-0.05, 0) is 66.0 Å². The molecular formula is C31H25Cl2NO5S. The normalized spacial score (nSPS) is 14.3. The maximum atomic E-state index is 13.1. The monoisotopic (exact) mass is 593 g/mol. The summed E-state index contributed by atoms with van der Waals surface area (Å²) in [6, 6.07) is 24.3. The van der Waals surface area contributed by atoms with Gasteiger partial charge in [0.25, 0.3) is 11.1 Å². The SMILES string of the molecule is CCOc1cc(/C=C2\SC(=O)N(CCOc3cccc4ccccc34)C2=O)ccc1OCc1c(Cl)cccc1Cl. The van der Waals surface area contributed by atoms with Crippen LogP contribution < -0.4 is 14.2 Å². The predicted octanol–water partition coefficient (Wildman–Crippen LogP) is 8.24. The van der Waals surface area contributed by atoms with Crippen molar-refractivity contribution >= 4 is 63.0 Å². The molecule has 6 nitrogen and oxygen atoms in total. The highest BCUT2D eigenvalue weighted by molar-refractivity contribution is 8.18. The lowest BCUT2D eigenvalue weighted by molar-refractivity contribution is -0.123. The van der Waals surface area contributed by atoms with Gasteiger partial charge in [-0.15, -0.1) is 0 Å². The summed E-state index contributed by atoms with van der Waals surface area (Å²) in [4.78, 5) is 27.2. The molecule has 0 atom stereocenters. The number of hydrogen-bond acceptors (Lipinski definition) is 6. The third-order valence-corrected chi connectivity index (χ3v) is 7.81. The number of halogens is 2. The largest absolute Gasteiger partial charge is 0.491 e. The van der Waals surface area contributed by atoms with Crippen molar-refractivity contribution in [1.29, 1.82) is 0 Å². The molecule has 0 aromatic heterocycles. The fourth-order valence-corrected chi connectivity index (χ4v) is 5.61. The highest BCUT2D eigenvalue weighted by atomic mass is 35.5. The Hall–Kier alpha value is -3.65. The van der Waals surface area contributed by atoms with Crippen LogP contribution in [0.1, 0.15) is 18.1 Å². The lowest BCUT2D eigenvalue weighted by Crippen LogP contribution is -2.32. The van der Waals surface area contributed by atoms with E-state index in [9.17, 15) is 9.59 Å². The average molecular weight is 595 g/mol. The van der Waals surface area contributed by atoms with E-state index in [1.165, 1.54) is 4.90 Å². The molecule has 1 aliphatic rings. The van der Waals surface area contributed by atoms with Crippen molar-refractivity contribution in [3.8, 4) is 17.2 Å². The van der Waals surface area contributed by atoms with Gasteiger partial charge in [0.1, 0.15) is 19.0 Å². The number of benzene rings is 4. The van der Waals surface area contributed by atoms with Crippen LogP contribution in [0, 0.1) is 0 Å². The fourth-order valence-electron chi connectivity index (χ4n) is 4.23. The molecule has 0 bridgehead atoms. The summed E-state index contributed by atoms with van der Waals surface area (Å²) < 4.78 is 17.7. The average Bonchev–Trinajstić information content (AvgIpc) is 3.21. The van der Waals surface area contributed by atoms with E-state index in [-0.39, 0.29) is 30.9 Å². The molecule has 0 saturated carbocycles. The van der Waals surface area contributed by atoms with Gasteiger partial charge < -0.3 is 14.2 Å². The van der Waals surface area contributed by atoms with Crippen LogP contribution in [0.2, 0.25) is 10.0 Å². The number of rotatable bonds is 10. The van der Waals surface area contributed by atoms with Gasteiger partial charge in [0.15, 0.2) is 11.5 Å². The van der Waals surface area contributed by atoms with E-state index in [2.05, 4.69) is 0 Å². The first-order valence-corrected chi connectivity index (χ1v) is 14.2. The van der Waals surface area contributed by atoms with Gasteiger partial charge in [0.05, 0.1) is 18.1 Å². The van der Waals surface area contributed by atoms with Crippen LogP contribution in [-0.2, 0) is 11.4 Å². The maximum Gasteiger partial charge on any atom is 0.293 e. The summed E-state index contributed by atoms with van der Waals surface area (Å²) in [7, 11) is 0. The van der Waals surface area contributed by atoms with Crippen molar-refractivity contribution in [2.75, 3.05) is 19.8 Å². The number of amides is 2. The van der Waals surface area contributed by atoms with Crippen LogP contribution in [0.15, 0.2) is 83.8 Å². The van der Waals surface area contributed by atoms with Crippen LogP contribution in [0.5, 0.6) is 17.2 Å². The van der Waals surface area contributed by atoms with Crippen molar-refractivity contribution in [2.45, 2.75) is 13.5 Å². The molecule has 9 heteroatoms. The molecule has 204 valence electrons. The number of imide groups is 1. The molecule has 0 N–H and O–H groups in total. The molecule has 4 aromatic rings. The molecule has 40 heavy (non-hydrogen) atoms. The van der Waals surface area contributed by atoms with Crippen LogP contribution in [-0.4, -0.2) is 35.8 Å². The zero-order valence-electron chi connectivity index (χ0n) is 21.6. The van der Waals surface area contributed by atoms with Crippen LogP contribution >= 0.6 is 35.0 Å². The Morgan fingerprint density at radius 1 is 0.825 bits per heavy atom. The zero-order valence-corrected chi connectivity index (χ0v) is 23.9. The Labute approximate surface area is 246 Å². The van der Waals surface area contributed by atoms with Crippen molar-refractivity contribution < 1.29 is 23.8 Å². The van der Waals surface area contributed by atoms with E-state index in [1.807, 2.05) is 49.4 Å². The number of hydrogen-bond donors (Lipinski definition) is 0. The predicted molar refractivity (Wildman–Crippen MR) is 161 cm³/mol. The van der Waals surface area contributed by atoms with Gasteiger partial charge in [-0.25, -0.2) is 0 Å². The highest BCUT2D eigenvalue weighted by Gasteiger charge is 2.34. The summed E-state index contributed by atoms with van der Waals surface area (Å²) in [5.74, 6) is 1.36. The summed E-state index contributed by atoms with van der Waals surface area (Å²) in [5, 5.41) is 2.73. The molecule has 0 spiro atoms. The number of ether oxygens (including phenoxy) is 3. The number of carbonyl (C=O) groups is 2. The fraction of sp³-hybridized carbons (Fsp3) is 0.161. The molecule has 1 aliphatic heterocycles. The first-order chi connectivity index (χ1) is 19.4. The molecule has 0 radical (unpaired) electrons. The van der Waals surface area contributed by atoms with E-state index in [4.69, 9.17) is 37.4 Å². The standard InChI is InChI=1S/C31H25Cl2NO5S/c1-2-37-28-17-20(13-14-27(28)39-19-23-24(32)10-6-11-25(23)33)18-29-30(35)34(31(36)40-29)15-16-38-26-12-5-8-21-7-3-4-9-22(21)26/h3-14,17-18H,2,15-16,19H2,1H3/b29-18-. The Bertz CT molecular complexity index is 1580. The molecule has 4 aromatic carbocycles. The lowest BCUT2D eigenvalue weighted by Gasteiger charge is -2.14. The van der Waals surface area contributed by atoms with Crippen molar-refractivity contribution in [2.24, 2.45) is 0 Å². The zero-order chi connectivity index (χ0) is 28.1. The molecule has 0 aliphatic carbocycles. The van der Waals surface area contributed by atoms with Crippen LogP contribution in [0.3, 0.4) is 0 Å². The van der Waals surface area contributed by atoms with Crippen LogP contribution in [0.4, 0.5) is 4.79 Å². The van der Waals surface area contributed by atoms with E-state index in [0.29, 0.717) is 49.9 Å². The summed E-state index contributed by atoms with van der Waals surface area (Å²) in [6.45, 7) is 2.78. The van der Waals surface area contributed by atoms with Gasteiger partial charge >= 0.3 is 0 Å². The third-order valence-electron chi connectivity index (χ3n) is 6.19. The maximum absolute atomic E-state index is 13.1. The molecule has 1 fully saturated rings. The molecule has 2 amide bonds. The van der Waals surface area contributed by atoms with Crippen molar-refractivity contribution in [3.05, 3.63) is 105 Å². The van der Waals surface area contributed by atoms with Gasteiger partial charge in [0.2, 0.25) is 0 Å². The molecule has 5 rings (SSSR count). The minimum Gasteiger partial charge on any atom is -0.491 e. The van der Waals surface area contributed by atoms with Crippen molar-refractivity contribution in [3.63, 3.8) is 0 Å². The Kier molecular flexibility index (Phi) is 8.85. The van der Waals surface area contributed by atoms with Gasteiger partial charge in [-0.3, -0.25) is 14.5 Å². The van der Waals surface area contributed by atoms with Gasteiger partial charge in [-0.1, -0.05) is 71.7 Å². The van der Waals surface area contributed by atoms with Gasteiger partial charge in [-0.2, -0.15) is 0 Å². The summed E-state index contributed by atoms with van der Waals surface area (Å²) in [6.07, 6.45) is 1.67.